The molecule has 0 spiro atoms. The molecule has 1 aliphatic rings. The molecule has 2 amide bonds. The number of nitrogens with zero attached hydrogens (tertiary/aromatic N) is 2. The Kier molecular flexibility index (Phi) is 7.38. The van der Waals surface area contributed by atoms with Crippen LogP contribution in [-0.4, -0.2) is 81.7 Å². The predicted molar refractivity (Wildman–Crippen MR) is 101 cm³/mol. The fraction of sp³-hybridized carbons (Fsp3) is 0.556. The average Bonchev–Trinajstić information content (AvgIpc) is 2.63. The molecule has 1 saturated heterocycles. The molecule has 1 atom stereocenters. The number of nitrogens with one attached hydrogen (secondary N) is 2. The number of hydrogen-bond acceptors (Lipinski definition) is 6. The van der Waals surface area contributed by atoms with Crippen molar-refractivity contribution in [1.82, 2.24) is 9.80 Å². The second kappa shape index (κ2) is 9.51. The SMILES string of the molecule is COCC(=O)Nc1ccc(NC(=O)C(C)N2CCN(C)CC2)cc1OC. The van der Waals surface area contributed by atoms with E-state index in [1.165, 1.54) is 14.2 Å². The minimum absolute atomic E-state index is 0.0375. The first-order chi connectivity index (χ1) is 12.4. The van der Waals surface area contributed by atoms with E-state index in [0.717, 1.165) is 26.2 Å². The molecule has 0 bridgehead atoms. The van der Waals surface area contributed by atoms with Crippen molar-refractivity contribution in [1.29, 1.82) is 0 Å². The van der Waals surface area contributed by atoms with E-state index in [4.69, 9.17) is 9.47 Å². The lowest BCUT2D eigenvalue weighted by Gasteiger charge is -2.35. The number of anilines is 2. The van der Waals surface area contributed by atoms with Crippen LogP contribution < -0.4 is 15.4 Å². The summed E-state index contributed by atoms with van der Waals surface area (Å²) in [5, 5.41) is 5.63. The fourth-order valence-electron chi connectivity index (χ4n) is 2.81. The zero-order valence-corrected chi connectivity index (χ0v) is 15.9. The number of likely N-dealkylation sites (N-methyl/N-ethyl adjacent to an activating group) is 1. The lowest BCUT2D eigenvalue weighted by Crippen LogP contribution is -2.51. The second-order valence-electron chi connectivity index (χ2n) is 6.40. The molecule has 26 heavy (non-hydrogen) atoms. The Labute approximate surface area is 154 Å². The van der Waals surface area contributed by atoms with Gasteiger partial charge in [-0.15, -0.1) is 0 Å². The molecule has 2 rings (SSSR count). The summed E-state index contributed by atoms with van der Waals surface area (Å²) in [6.07, 6.45) is 0. The molecule has 1 unspecified atom stereocenters. The molecule has 1 aromatic carbocycles. The van der Waals surface area contributed by atoms with Gasteiger partial charge in [0.15, 0.2) is 0 Å². The van der Waals surface area contributed by atoms with Crippen molar-refractivity contribution >= 4 is 23.2 Å². The molecule has 8 nitrogen and oxygen atoms in total. The molecular weight excluding hydrogens is 336 g/mol. The zero-order chi connectivity index (χ0) is 19.1. The van der Waals surface area contributed by atoms with Crippen molar-refractivity contribution < 1.29 is 19.1 Å². The van der Waals surface area contributed by atoms with Crippen molar-refractivity contribution in [3.63, 3.8) is 0 Å². The first kappa shape index (κ1) is 20.2. The third-order valence-corrected chi connectivity index (χ3v) is 4.48. The third-order valence-electron chi connectivity index (χ3n) is 4.48. The number of carbonyl (C=O) groups is 2. The van der Waals surface area contributed by atoms with Gasteiger partial charge in [0.1, 0.15) is 12.4 Å². The van der Waals surface area contributed by atoms with Gasteiger partial charge in [-0.1, -0.05) is 0 Å². The standard InChI is InChI=1S/C18H28N4O4/c1-13(22-9-7-21(2)8-10-22)18(24)19-14-5-6-15(16(11-14)26-4)20-17(23)12-25-3/h5-6,11,13H,7-10,12H2,1-4H3,(H,19,24)(H,20,23). The van der Waals surface area contributed by atoms with Crippen LogP contribution in [0.2, 0.25) is 0 Å². The van der Waals surface area contributed by atoms with Crippen molar-refractivity contribution in [3.05, 3.63) is 18.2 Å². The van der Waals surface area contributed by atoms with Gasteiger partial charge >= 0.3 is 0 Å². The van der Waals surface area contributed by atoms with Crippen LogP contribution in [0, 0.1) is 0 Å². The van der Waals surface area contributed by atoms with E-state index in [1.807, 2.05) is 6.92 Å². The summed E-state index contributed by atoms with van der Waals surface area (Å²) >= 11 is 0. The van der Waals surface area contributed by atoms with Crippen molar-refractivity contribution in [2.24, 2.45) is 0 Å². The van der Waals surface area contributed by atoms with Crippen molar-refractivity contribution in [3.8, 4) is 5.75 Å². The van der Waals surface area contributed by atoms with E-state index in [-0.39, 0.29) is 24.5 Å². The lowest BCUT2D eigenvalue weighted by molar-refractivity contribution is -0.121. The van der Waals surface area contributed by atoms with Gasteiger partial charge in [0.05, 0.1) is 18.8 Å². The van der Waals surface area contributed by atoms with Crippen LogP contribution >= 0.6 is 0 Å². The van der Waals surface area contributed by atoms with Gasteiger partial charge in [0.2, 0.25) is 11.8 Å². The van der Waals surface area contributed by atoms with E-state index in [1.54, 1.807) is 18.2 Å². The Morgan fingerprint density at radius 1 is 1.15 bits per heavy atom. The Balaban J connectivity index is 2.00. The van der Waals surface area contributed by atoms with E-state index >= 15 is 0 Å². The summed E-state index contributed by atoms with van der Waals surface area (Å²) in [5.74, 6) is 0.138. The van der Waals surface area contributed by atoms with Gasteiger partial charge in [-0.25, -0.2) is 0 Å². The average molecular weight is 364 g/mol. The molecule has 1 fully saturated rings. The van der Waals surface area contributed by atoms with Crippen molar-refractivity contribution in [2.45, 2.75) is 13.0 Å². The summed E-state index contributed by atoms with van der Waals surface area (Å²) in [6, 6.07) is 4.91. The van der Waals surface area contributed by atoms with Crippen LogP contribution in [0.3, 0.4) is 0 Å². The third kappa shape index (κ3) is 5.42. The maximum Gasteiger partial charge on any atom is 0.250 e. The summed E-state index contributed by atoms with van der Waals surface area (Å²) in [5.41, 5.74) is 1.15. The number of rotatable bonds is 7. The van der Waals surface area contributed by atoms with Gasteiger partial charge in [0.25, 0.3) is 0 Å². The van der Waals surface area contributed by atoms with Crippen LogP contribution in [-0.2, 0) is 14.3 Å². The van der Waals surface area contributed by atoms with Crippen LogP contribution in [0.15, 0.2) is 18.2 Å². The van der Waals surface area contributed by atoms with Crippen LogP contribution in [0.5, 0.6) is 5.75 Å². The minimum Gasteiger partial charge on any atom is -0.494 e. The number of ether oxygens (including phenoxy) is 2. The summed E-state index contributed by atoms with van der Waals surface area (Å²) in [6.45, 7) is 5.54. The number of benzene rings is 1. The first-order valence-electron chi connectivity index (χ1n) is 8.65. The fourth-order valence-corrected chi connectivity index (χ4v) is 2.81. The van der Waals surface area contributed by atoms with Gasteiger partial charge in [-0.05, 0) is 26.1 Å². The topological polar surface area (TPSA) is 83.1 Å². The molecule has 144 valence electrons. The Bertz CT molecular complexity index is 630. The number of methoxy groups -OCH3 is 2. The molecule has 0 aliphatic carbocycles. The van der Waals surface area contributed by atoms with Gasteiger partial charge in [-0.3, -0.25) is 14.5 Å². The van der Waals surface area contributed by atoms with Gasteiger partial charge in [-0.2, -0.15) is 0 Å². The summed E-state index contributed by atoms with van der Waals surface area (Å²) in [7, 11) is 5.05. The number of piperazine rings is 1. The predicted octanol–water partition coefficient (Wildman–Crippen LogP) is 0.855. The largest absolute Gasteiger partial charge is 0.494 e. The van der Waals surface area contributed by atoms with E-state index in [2.05, 4.69) is 27.5 Å². The minimum atomic E-state index is -0.272. The lowest BCUT2D eigenvalue weighted by atomic mass is 10.2. The quantitative estimate of drug-likeness (QED) is 0.747. The molecule has 8 heteroatoms. The molecule has 1 heterocycles. The number of amides is 2. The Hall–Kier alpha value is -2.16. The molecule has 1 aliphatic heterocycles. The normalized spacial score (nSPS) is 16.8. The smallest absolute Gasteiger partial charge is 0.250 e. The van der Waals surface area contributed by atoms with Crippen LogP contribution in [0.1, 0.15) is 6.92 Å². The highest BCUT2D eigenvalue weighted by Crippen LogP contribution is 2.28. The second-order valence-corrected chi connectivity index (χ2v) is 6.40. The molecule has 1 aromatic rings. The first-order valence-corrected chi connectivity index (χ1v) is 8.65. The highest BCUT2D eigenvalue weighted by Gasteiger charge is 2.24. The van der Waals surface area contributed by atoms with E-state index in [9.17, 15) is 9.59 Å². The number of hydrogen-bond donors (Lipinski definition) is 2. The molecule has 0 aromatic heterocycles. The highest BCUT2D eigenvalue weighted by atomic mass is 16.5. The molecule has 0 saturated carbocycles. The molecular formula is C18H28N4O4. The maximum absolute atomic E-state index is 12.5. The van der Waals surface area contributed by atoms with Crippen molar-refractivity contribution in [2.75, 3.05) is 64.7 Å². The maximum atomic E-state index is 12.5. The zero-order valence-electron chi connectivity index (χ0n) is 15.9. The highest BCUT2D eigenvalue weighted by molar-refractivity contribution is 5.96. The molecule has 2 N–H and O–H groups in total. The number of carbonyl (C=O) groups excluding carboxylic acids is 2. The van der Waals surface area contributed by atoms with Gasteiger partial charge in [0, 0.05) is 45.0 Å². The summed E-state index contributed by atoms with van der Waals surface area (Å²) < 4.78 is 10.1. The summed E-state index contributed by atoms with van der Waals surface area (Å²) in [4.78, 5) is 28.6. The Morgan fingerprint density at radius 3 is 2.46 bits per heavy atom. The van der Waals surface area contributed by atoms with Crippen LogP contribution in [0.4, 0.5) is 11.4 Å². The molecule has 0 radical (unpaired) electrons. The van der Waals surface area contributed by atoms with E-state index < -0.39 is 0 Å². The Morgan fingerprint density at radius 2 is 1.85 bits per heavy atom. The van der Waals surface area contributed by atoms with Gasteiger partial charge < -0.3 is 25.0 Å². The van der Waals surface area contributed by atoms with E-state index in [0.29, 0.717) is 17.1 Å². The van der Waals surface area contributed by atoms with Crippen LogP contribution in [0.25, 0.3) is 0 Å². The monoisotopic (exact) mass is 364 g/mol.